The van der Waals surface area contributed by atoms with E-state index in [4.69, 9.17) is 0 Å². The number of hydrogen-bond donors (Lipinski definition) is 1. The van der Waals surface area contributed by atoms with E-state index in [1.165, 1.54) is 13.8 Å². The van der Waals surface area contributed by atoms with Gasteiger partial charge in [-0.25, -0.2) is 12.7 Å². The minimum absolute atomic E-state index is 0.193. The molecular weight excluding hydrogens is 216 g/mol. The Morgan fingerprint density at radius 1 is 1.53 bits per heavy atom. The quantitative estimate of drug-likeness (QED) is 0.522. The number of carbonyl (C=O) groups excluding carboxylic acids is 1. The van der Waals surface area contributed by atoms with Crippen molar-refractivity contribution in [2.75, 3.05) is 19.6 Å². The van der Waals surface area contributed by atoms with Crippen LogP contribution < -0.4 is 5.32 Å². The SMILES string of the molecule is C=CCNCCN1C(=O)C(C)(C)S1(=O)=O. The lowest BCUT2D eigenvalue weighted by atomic mass is 10.2. The van der Waals surface area contributed by atoms with E-state index < -0.39 is 14.8 Å². The Morgan fingerprint density at radius 2 is 2.13 bits per heavy atom. The lowest BCUT2D eigenvalue weighted by Gasteiger charge is -2.43. The van der Waals surface area contributed by atoms with E-state index in [1.54, 1.807) is 6.08 Å². The lowest BCUT2D eigenvalue weighted by molar-refractivity contribution is -0.132. The average molecular weight is 232 g/mol. The monoisotopic (exact) mass is 232 g/mol. The van der Waals surface area contributed by atoms with Crippen LogP contribution in [0.1, 0.15) is 13.8 Å². The van der Waals surface area contributed by atoms with Crippen LogP contribution >= 0.6 is 0 Å². The van der Waals surface area contributed by atoms with Gasteiger partial charge in [-0.15, -0.1) is 6.58 Å². The fourth-order valence-corrected chi connectivity index (χ4v) is 2.89. The smallest absolute Gasteiger partial charge is 0.258 e. The molecule has 0 radical (unpaired) electrons. The Kier molecular flexibility index (Phi) is 3.20. The molecule has 1 amide bonds. The predicted molar refractivity (Wildman–Crippen MR) is 57.8 cm³/mol. The zero-order chi connectivity index (χ0) is 11.7. The van der Waals surface area contributed by atoms with E-state index in [0.717, 1.165) is 4.31 Å². The molecule has 5 nitrogen and oxygen atoms in total. The molecule has 1 fully saturated rings. The molecule has 15 heavy (non-hydrogen) atoms. The van der Waals surface area contributed by atoms with Crippen LogP contribution in [0.5, 0.6) is 0 Å². The normalized spacial score (nSPS) is 22.3. The van der Waals surface area contributed by atoms with Gasteiger partial charge in [-0.2, -0.15) is 0 Å². The first-order valence-electron chi connectivity index (χ1n) is 4.74. The maximum Gasteiger partial charge on any atom is 0.258 e. The highest BCUT2D eigenvalue weighted by molar-refractivity contribution is 7.94. The third-order valence-electron chi connectivity index (χ3n) is 2.46. The summed E-state index contributed by atoms with van der Waals surface area (Å²) in [5.41, 5.74) is 0. The highest BCUT2D eigenvalue weighted by atomic mass is 32.2. The summed E-state index contributed by atoms with van der Waals surface area (Å²) < 4.78 is 22.9. The molecule has 0 spiro atoms. The van der Waals surface area contributed by atoms with Crippen molar-refractivity contribution in [3.05, 3.63) is 12.7 Å². The Labute approximate surface area is 90.2 Å². The molecular formula is C9H16N2O3S. The van der Waals surface area contributed by atoms with Gasteiger partial charge in [0.25, 0.3) is 15.9 Å². The van der Waals surface area contributed by atoms with E-state index in [2.05, 4.69) is 11.9 Å². The van der Waals surface area contributed by atoms with Crippen molar-refractivity contribution in [1.82, 2.24) is 9.62 Å². The van der Waals surface area contributed by atoms with Gasteiger partial charge in [-0.3, -0.25) is 4.79 Å². The van der Waals surface area contributed by atoms with Crippen molar-refractivity contribution >= 4 is 15.9 Å². The second-order valence-electron chi connectivity index (χ2n) is 3.89. The molecule has 0 saturated carbocycles. The highest BCUT2D eigenvalue weighted by Gasteiger charge is 2.59. The van der Waals surface area contributed by atoms with Crippen molar-refractivity contribution in [3.63, 3.8) is 0 Å². The number of nitrogens with one attached hydrogen (secondary N) is 1. The average Bonchev–Trinajstić information content (AvgIpc) is 2.16. The van der Waals surface area contributed by atoms with Crippen LogP contribution in [0.4, 0.5) is 0 Å². The van der Waals surface area contributed by atoms with Gasteiger partial charge >= 0.3 is 0 Å². The van der Waals surface area contributed by atoms with Gasteiger partial charge < -0.3 is 5.32 Å². The second kappa shape index (κ2) is 3.94. The van der Waals surface area contributed by atoms with Gasteiger partial charge in [0.2, 0.25) is 0 Å². The molecule has 0 atom stereocenters. The summed E-state index contributed by atoms with van der Waals surface area (Å²) in [7, 11) is -3.42. The van der Waals surface area contributed by atoms with Crippen molar-refractivity contribution in [1.29, 1.82) is 0 Å². The van der Waals surface area contributed by atoms with Crippen LogP contribution in [-0.2, 0) is 14.8 Å². The first-order chi connectivity index (χ1) is 6.85. The topological polar surface area (TPSA) is 66.5 Å². The molecule has 0 unspecified atom stereocenters. The molecule has 86 valence electrons. The molecule has 1 aliphatic rings. The minimum Gasteiger partial charge on any atom is -0.311 e. The number of rotatable bonds is 5. The largest absolute Gasteiger partial charge is 0.311 e. The third kappa shape index (κ3) is 1.79. The first-order valence-corrected chi connectivity index (χ1v) is 6.18. The molecule has 6 heteroatoms. The molecule has 1 saturated heterocycles. The van der Waals surface area contributed by atoms with Gasteiger partial charge in [0.15, 0.2) is 4.75 Å². The zero-order valence-electron chi connectivity index (χ0n) is 8.99. The molecule has 0 aromatic heterocycles. The fraction of sp³-hybridized carbons (Fsp3) is 0.667. The summed E-state index contributed by atoms with van der Waals surface area (Å²) >= 11 is 0. The molecule has 0 aromatic rings. The fourth-order valence-electron chi connectivity index (χ4n) is 1.36. The first kappa shape index (κ1) is 12.2. The van der Waals surface area contributed by atoms with E-state index in [0.29, 0.717) is 13.1 Å². The Morgan fingerprint density at radius 3 is 2.60 bits per heavy atom. The Hall–Kier alpha value is -0.880. The standard InChI is InChI=1S/C9H16N2O3S/c1-4-5-10-6-7-11-8(12)9(2,3)15(11,13)14/h4,10H,1,5-7H2,2-3H3. The molecule has 1 heterocycles. The van der Waals surface area contributed by atoms with Crippen LogP contribution in [0, 0.1) is 0 Å². The van der Waals surface area contributed by atoms with Crippen LogP contribution in [0.15, 0.2) is 12.7 Å². The van der Waals surface area contributed by atoms with Crippen LogP contribution in [-0.4, -0.2) is 43.0 Å². The van der Waals surface area contributed by atoms with Gasteiger partial charge in [-0.05, 0) is 13.8 Å². The molecule has 1 N–H and O–H groups in total. The number of amides is 1. The van der Waals surface area contributed by atoms with E-state index >= 15 is 0 Å². The van der Waals surface area contributed by atoms with Gasteiger partial charge in [-0.1, -0.05) is 6.08 Å². The second-order valence-corrected chi connectivity index (χ2v) is 6.30. The van der Waals surface area contributed by atoms with Crippen molar-refractivity contribution in [2.45, 2.75) is 18.6 Å². The zero-order valence-corrected chi connectivity index (χ0v) is 9.80. The van der Waals surface area contributed by atoms with Crippen LogP contribution in [0.2, 0.25) is 0 Å². The van der Waals surface area contributed by atoms with E-state index in [-0.39, 0.29) is 12.5 Å². The maximum absolute atomic E-state index is 11.6. The summed E-state index contributed by atoms with van der Waals surface area (Å²) in [6.45, 7) is 7.62. The lowest BCUT2D eigenvalue weighted by Crippen LogP contribution is -2.68. The number of sulfonamides is 1. The Balaban J connectivity index is 2.53. The third-order valence-corrected chi connectivity index (χ3v) is 4.85. The molecule has 0 bridgehead atoms. The summed E-state index contributed by atoms with van der Waals surface area (Å²) in [6, 6.07) is 0. The van der Waals surface area contributed by atoms with Crippen molar-refractivity contribution in [3.8, 4) is 0 Å². The molecule has 1 rings (SSSR count). The van der Waals surface area contributed by atoms with Crippen LogP contribution in [0.25, 0.3) is 0 Å². The van der Waals surface area contributed by atoms with Gasteiger partial charge in [0.1, 0.15) is 0 Å². The predicted octanol–water partition coefficient (Wildman–Crippen LogP) is -0.287. The van der Waals surface area contributed by atoms with E-state index in [9.17, 15) is 13.2 Å². The van der Waals surface area contributed by atoms with Crippen LogP contribution in [0.3, 0.4) is 0 Å². The molecule has 1 aliphatic heterocycles. The number of hydrogen-bond acceptors (Lipinski definition) is 4. The summed E-state index contributed by atoms with van der Waals surface area (Å²) in [5.74, 6) is -0.331. The van der Waals surface area contributed by atoms with Crippen molar-refractivity contribution in [2.24, 2.45) is 0 Å². The summed E-state index contributed by atoms with van der Waals surface area (Å²) in [4.78, 5) is 11.5. The van der Waals surface area contributed by atoms with Gasteiger partial charge in [0, 0.05) is 19.6 Å². The summed E-state index contributed by atoms with van der Waals surface area (Å²) in [5, 5.41) is 2.94. The molecule has 0 aromatic carbocycles. The highest BCUT2D eigenvalue weighted by Crippen LogP contribution is 2.34. The van der Waals surface area contributed by atoms with Gasteiger partial charge in [0.05, 0.1) is 0 Å². The number of nitrogens with zero attached hydrogens (tertiary/aromatic N) is 1. The Bertz CT molecular complexity index is 373. The van der Waals surface area contributed by atoms with Crippen molar-refractivity contribution < 1.29 is 13.2 Å². The molecule has 0 aliphatic carbocycles. The summed E-state index contributed by atoms with van der Waals surface area (Å²) in [6.07, 6.45) is 1.68. The van der Waals surface area contributed by atoms with E-state index in [1.807, 2.05) is 0 Å². The minimum atomic E-state index is -3.42. The number of carbonyl (C=O) groups is 1. The maximum atomic E-state index is 11.6.